The Morgan fingerprint density at radius 1 is 1.19 bits per heavy atom. The van der Waals surface area contributed by atoms with E-state index in [1.54, 1.807) is 0 Å². The van der Waals surface area contributed by atoms with Crippen LogP contribution in [-0.2, 0) is 0 Å². The van der Waals surface area contributed by atoms with Gasteiger partial charge in [-0.1, -0.05) is 18.2 Å². The molecule has 0 radical (unpaired) electrons. The molecule has 2 aliphatic carbocycles. The lowest BCUT2D eigenvalue weighted by Gasteiger charge is -2.20. The van der Waals surface area contributed by atoms with E-state index in [1.165, 1.54) is 31.9 Å². The van der Waals surface area contributed by atoms with E-state index in [0.717, 1.165) is 10.9 Å². The molecule has 0 atom stereocenters. The van der Waals surface area contributed by atoms with Crippen LogP contribution in [0.25, 0.3) is 10.9 Å². The molecule has 1 N–H and O–H groups in total. The Kier molecular flexibility index (Phi) is 2.80. The van der Waals surface area contributed by atoms with Gasteiger partial charge in [0.15, 0.2) is 0 Å². The second-order valence-corrected chi connectivity index (χ2v) is 6.14. The zero-order valence-corrected chi connectivity index (χ0v) is 11.7. The molecule has 0 spiro atoms. The van der Waals surface area contributed by atoms with E-state index in [2.05, 4.69) is 10.3 Å². The molecule has 0 bridgehead atoms. The number of benzene rings is 1. The molecule has 0 amide bonds. The molecule has 0 saturated heterocycles. The molecule has 0 unspecified atom stereocenters. The van der Waals surface area contributed by atoms with Gasteiger partial charge >= 0.3 is 5.69 Å². The first-order valence-corrected chi connectivity index (χ1v) is 7.52. The Morgan fingerprint density at radius 2 is 1.86 bits per heavy atom. The highest BCUT2D eigenvalue weighted by molar-refractivity contribution is 5.95. The second kappa shape index (κ2) is 4.69. The van der Waals surface area contributed by atoms with E-state index in [4.69, 9.17) is 0 Å². The van der Waals surface area contributed by atoms with Gasteiger partial charge in [-0.2, -0.15) is 0 Å². The predicted octanol–water partition coefficient (Wildman–Crippen LogP) is 3.74. The number of hydrogen-bond acceptors (Lipinski definition) is 4. The highest BCUT2D eigenvalue weighted by Crippen LogP contribution is 2.47. The summed E-state index contributed by atoms with van der Waals surface area (Å²) in [5.41, 5.74) is 1.53. The minimum atomic E-state index is -0.335. The van der Waals surface area contributed by atoms with E-state index in [0.29, 0.717) is 23.6 Å². The minimum absolute atomic E-state index is 0.0833. The van der Waals surface area contributed by atoms with E-state index in [-0.39, 0.29) is 10.6 Å². The van der Waals surface area contributed by atoms with Crippen molar-refractivity contribution >= 4 is 22.3 Å². The number of anilines is 1. The highest BCUT2D eigenvalue weighted by atomic mass is 16.6. The molecule has 4 rings (SSSR count). The summed E-state index contributed by atoms with van der Waals surface area (Å²) in [7, 11) is 0. The first-order valence-electron chi connectivity index (χ1n) is 7.52. The average Bonchev–Trinajstić information content (AvgIpc) is 3.38. The smallest absolute Gasteiger partial charge is 0.311 e. The van der Waals surface area contributed by atoms with Crippen LogP contribution in [0.3, 0.4) is 0 Å². The van der Waals surface area contributed by atoms with Gasteiger partial charge in [-0.25, -0.2) is 4.98 Å². The number of nitro groups is 1. The van der Waals surface area contributed by atoms with Gasteiger partial charge in [0.1, 0.15) is 11.9 Å². The number of fused-ring (bicyclic) bond motifs is 1. The average molecular weight is 283 g/mol. The molecular formula is C16H17N3O2. The van der Waals surface area contributed by atoms with E-state index in [1.807, 2.05) is 24.3 Å². The summed E-state index contributed by atoms with van der Waals surface area (Å²) in [4.78, 5) is 15.2. The Labute approximate surface area is 122 Å². The van der Waals surface area contributed by atoms with Crippen molar-refractivity contribution in [3.8, 4) is 0 Å². The maximum atomic E-state index is 11.3. The van der Waals surface area contributed by atoms with Crippen molar-refractivity contribution in [3.05, 3.63) is 40.6 Å². The Bertz CT molecular complexity index is 696. The van der Waals surface area contributed by atoms with E-state index in [9.17, 15) is 10.1 Å². The molecule has 2 aliphatic rings. The van der Waals surface area contributed by atoms with Crippen LogP contribution < -0.4 is 5.32 Å². The summed E-state index contributed by atoms with van der Waals surface area (Å²) in [5, 5.41) is 15.7. The molecule has 108 valence electrons. The molecule has 2 aromatic rings. The monoisotopic (exact) mass is 283 g/mol. The second-order valence-electron chi connectivity index (χ2n) is 6.14. The van der Waals surface area contributed by atoms with Gasteiger partial charge in [-0.05, 0) is 43.6 Å². The first-order chi connectivity index (χ1) is 10.2. The summed E-state index contributed by atoms with van der Waals surface area (Å²) in [6, 6.07) is 8.00. The van der Waals surface area contributed by atoms with Crippen molar-refractivity contribution in [3.63, 3.8) is 0 Å². The van der Waals surface area contributed by atoms with Crippen LogP contribution in [0.5, 0.6) is 0 Å². The summed E-state index contributed by atoms with van der Waals surface area (Å²) >= 11 is 0. The SMILES string of the molecule is O=[N+]([O-])c1cnc2ccccc2c1NC(C1CC1)C1CC1. The Balaban J connectivity index is 1.80. The van der Waals surface area contributed by atoms with Gasteiger partial charge in [0, 0.05) is 11.4 Å². The van der Waals surface area contributed by atoms with Gasteiger partial charge in [0.2, 0.25) is 0 Å². The van der Waals surface area contributed by atoms with Gasteiger partial charge in [-0.3, -0.25) is 10.1 Å². The number of para-hydroxylation sites is 1. The molecule has 1 aromatic carbocycles. The van der Waals surface area contributed by atoms with Crippen molar-refractivity contribution < 1.29 is 4.92 Å². The van der Waals surface area contributed by atoms with E-state index < -0.39 is 0 Å². The Morgan fingerprint density at radius 3 is 2.48 bits per heavy atom. The van der Waals surface area contributed by atoms with Crippen molar-refractivity contribution in [1.82, 2.24) is 4.98 Å². The quantitative estimate of drug-likeness (QED) is 0.670. The van der Waals surface area contributed by atoms with Gasteiger partial charge in [-0.15, -0.1) is 0 Å². The highest BCUT2D eigenvalue weighted by Gasteiger charge is 2.42. The number of nitrogens with one attached hydrogen (secondary N) is 1. The van der Waals surface area contributed by atoms with Crippen LogP contribution in [0.1, 0.15) is 25.7 Å². The summed E-state index contributed by atoms with van der Waals surface area (Å²) in [6.45, 7) is 0. The molecule has 5 nitrogen and oxygen atoms in total. The number of hydrogen-bond donors (Lipinski definition) is 1. The zero-order chi connectivity index (χ0) is 14.4. The maximum Gasteiger partial charge on any atom is 0.311 e. The van der Waals surface area contributed by atoms with Crippen molar-refractivity contribution in [2.24, 2.45) is 11.8 Å². The molecule has 2 fully saturated rings. The lowest BCUT2D eigenvalue weighted by molar-refractivity contribution is -0.384. The molecule has 5 heteroatoms. The third-order valence-corrected chi connectivity index (χ3v) is 4.52. The summed E-state index contributed by atoms with van der Waals surface area (Å²) in [6.07, 6.45) is 6.34. The minimum Gasteiger partial charge on any atom is -0.376 e. The fraction of sp³-hybridized carbons (Fsp3) is 0.438. The fourth-order valence-corrected chi connectivity index (χ4v) is 3.12. The normalized spacial score (nSPS) is 18.1. The first kappa shape index (κ1) is 12.6. The molecular weight excluding hydrogens is 266 g/mol. The van der Waals surface area contributed by atoms with Crippen LogP contribution in [0.15, 0.2) is 30.5 Å². The molecule has 2 saturated carbocycles. The molecule has 0 aliphatic heterocycles. The van der Waals surface area contributed by atoms with Crippen molar-refractivity contribution in [1.29, 1.82) is 0 Å². The number of nitrogens with zero attached hydrogens (tertiary/aromatic N) is 2. The van der Waals surface area contributed by atoms with Gasteiger partial charge in [0.05, 0.1) is 10.4 Å². The summed E-state index contributed by atoms with van der Waals surface area (Å²) in [5.74, 6) is 1.37. The number of pyridine rings is 1. The number of aromatic nitrogens is 1. The zero-order valence-electron chi connectivity index (χ0n) is 11.7. The fourth-order valence-electron chi connectivity index (χ4n) is 3.12. The van der Waals surface area contributed by atoms with Crippen LogP contribution in [0.4, 0.5) is 11.4 Å². The van der Waals surface area contributed by atoms with Crippen LogP contribution in [0, 0.1) is 22.0 Å². The van der Waals surface area contributed by atoms with Crippen LogP contribution in [0.2, 0.25) is 0 Å². The number of rotatable bonds is 5. The van der Waals surface area contributed by atoms with E-state index >= 15 is 0 Å². The van der Waals surface area contributed by atoms with Gasteiger partial charge in [0.25, 0.3) is 0 Å². The van der Waals surface area contributed by atoms with Crippen molar-refractivity contribution in [2.75, 3.05) is 5.32 Å². The standard InChI is InChI=1S/C16H17N3O2/c20-19(21)14-9-17-13-4-2-1-3-12(13)16(14)18-15(10-5-6-10)11-7-8-11/h1-4,9-11,15H,5-8H2,(H,17,18). The van der Waals surface area contributed by atoms with Crippen LogP contribution >= 0.6 is 0 Å². The van der Waals surface area contributed by atoms with Gasteiger partial charge < -0.3 is 5.32 Å². The Hall–Kier alpha value is -2.17. The molecule has 21 heavy (non-hydrogen) atoms. The largest absolute Gasteiger partial charge is 0.376 e. The third kappa shape index (κ3) is 2.33. The maximum absolute atomic E-state index is 11.3. The lowest BCUT2D eigenvalue weighted by Crippen LogP contribution is -2.25. The predicted molar refractivity (Wildman–Crippen MR) is 81.3 cm³/mol. The van der Waals surface area contributed by atoms with Crippen molar-refractivity contribution in [2.45, 2.75) is 31.7 Å². The molecule has 1 heterocycles. The summed E-state index contributed by atoms with van der Waals surface area (Å²) < 4.78 is 0. The van der Waals surface area contributed by atoms with Crippen LogP contribution in [-0.4, -0.2) is 15.9 Å². The lowest BCUT2D eigenvalue weighted by atomic mass is 10.1. The molecule has 1 aromatic heterocycles. The third-order valence-electron chi connectivity index (χ3n) is 4.52. The topological polar surface area (TPSA) is 68.1 Å².